The van der Waals surface area contributed by atoms with E-state index in [9.17, 15) is 4.79 Å². The van der Waals surface area contributed by atoms with Crippen molar-refractivity contribution in [2.75, 3.05) is 43.1 Å². The summed E-state index contributed by atoms with van der Waals surface area (Å²) in [5.74, 6) is 0.261. The number of hydrogen-bond acceptors (Lipinski definition) is 7. The summed E-state index contributed by atoms with van der Waals surface area (Å²) in [6.45, 7) is 3.70. The van der Waals surface area contributed by atoms with Crippen LogP contribution in [0.3, 0.4) is 0 Å². The Morgan fingerprint density at radius 2 is 2.08 bits per heavy atom. The maximum atomic E-state index is 12.2. The summed E-state index contributed by atoms with van der Waals surface area (Å²) >= 11 is 1.44. The Bertz CT molecular complexity index is 662. The zero-order valence-corrected chi connectivity index (χ0v) is 16.0. The van der Waals surface area contributed by atoms with Crippen molar-refractivity contribution in [2.45, 2.75) is 6.42 Å². The fraction of sp³-hybridized carbons (Fsp3) is 0.400. The zero-order chi connectivity index (χ0) is 16.1. The lowest BCUT2D eigenvalue weighted by atomic mass is 10.3. The number of thiazole rings is 1. The second kappa shape index (κ2) is 10.5. The van der Waals surface area contributed by atoms with E-state index in [0.29, 0.717) is 24.5 Å². The average molecular weight is 406 g/mol. The number of morpholine rings is 1. The van der Waals surface area contributed by atoms with Gasteiger partial charge in [-0.25, -0.2) is 9.97 Å². The number of nitrogens with zero attached hydrogens (tertiary/aromatic N) is 3. The van der Waals surface area contributed by atoms with Gasteiger partial charge in [-0.05, 0) is 18.7 Å². The molecule has 1 aliphatic rings. The van der Waals surface area contributed by atoms with E-state index in [1.807, 2.05) is 6.07 Å². The van der Waals surface area contributed by atoms with Crippen LogP contribution in [0.4, 0.5) is 11.5 Å². The molecule has 3 N–H and O–H groups in total. The van der Waals surface area contributed by atoms with Gasteiger partial charge in [-0.3, -0.25) is 4.79 Å². The lowest BCUT2D eigenvalue weighted by Gasteiger charge is -2.28. The maximum Gasteiger partial charge on any atom is 0.276 e. The molecule has 0 atom stereocenters. The molecule has 10 heteroatoms. The van der Waals surface area contributed by atoms with Crippen LogP contribution in [0.1, 0.15) is 15.5 Å². The number of nitrogens with one attached hydrogen (secondary N) is 1. The monoisotopic (exact) mass is 405 g/mol. The normalized spacial score (nSPS) is 13.6. The number of pyridine rings is 1. The lowest BCUT2D eigenvalue weighted by molar-refractivity contribution is 0.102. The minimum absolute atomic E-state index is 0. The van der Waals surface area contributed by atoms with E-state index in [-0.39, 0.29) is 30.7 Å². The Kier molecular flexibility index (Phi) is 9.09. The van der Waals surface area contributed by atoms with Gasteiger partial charge in [-0.15, -0.1) is 36.2 Å². The average Bonchev–Trinajstić information content (AvgIpc) is 3.06. The number of carbonyl (C=O) groups is 1. The van der Waals surface area contributed by atoms with Gasteiger partial charge in [0.25, 0.3) is 5.91 Å². The van der Waals surface area contributed by atoms with E-state index in [4.69, 9.17) is 10.5 Å². The molecule has 1 fully saturated rings. The van der Waals surface area contributed by atoms with Crippen LogP contribution in [0.5, 0.6) is 0 Å². The lowest BCUT2D eigenvalue weighted by Crippen LogP contribution is -2.36. The number of nitrogens with two attached hydrogens (primary N) is 1. The van der Waals surface area contributed by atoms with Crippen molar-refractivity contribution in [2.24, 2.45) is 5.73 Å². The fourth-order valence-electron chi connectivity index (χ4n) is 2.30. The molecular formula is C15H21Cl2N5O2S. The molecule has 0 aliphatic carbocycles. The SMILES string of the molecule is Cl.Cl.NCCc1nc(C(=O)Nc2ccc(N3CCOCC3)cn2)cs1. The second-order valence-corrected chi connectivity index (χ2v) is 6.06. The van der Waals surface area contributed by atoms with Gasteiger partial charge >= 0.3 is 0 Å². The molecule has 3 rings (SSSR count). The quantitative estimate of drug-likeness (QED) is 0.789. The van der Waals surface area contributed by atoms with Gasteiger partial charge in [0, 0.05) is 24.9 Å². The molecule has 0 aromatic carbocycles. The zero-order valence-electron chi connectivity index (χ0n) is 13.5. The smallest absolute Gasteiger partial charge is 0.276 e. The first-order chi connectivity index (χ1) is 11.3. The molecule has 1 amide bonds. The molecular weight excluding hydrogens is 385 g/mol. The summed E-state index contributed by atoms with van der Waals surface area (Å²) < 4.78 is 5.33. The number of anilines is 2. The second-order valence-electron chi connectivity index (χ2n) is 5.12. The van der Waals surface area contributed by atoms with Crippen molar-refractivity contribution in [3.8, 4) is 0 Å². The van der Waals surface area contributed by atoms with Crippen LogP contribution in [0.15, 0.2) is 23.7 Å². The Hall–Kier alpha value is -1.45. The van der Waals surface area contributed by atoms with Crippen molar-refractivity contribution in [3.63, 3.8) is 0 Å². The van der Waals surface area contributed by atoms with Crippen LogP contribution in [-0.4, -0.2) is 48.7 Å². The predicted molar refractivity (Wildman–Crippen MR) is 105 cm³/mol. The van der Waals surface area contributed by atoms with Gasteiger partial charge in [0.2, 0.25) is 0 Å². The number of ether oxygens (including phenoxy) is 1. The number of halogens is 2. The van der Waals surface area contributed by atoms with Gasteiger partial charge in [0.1, 0.15) is 11.5 Å². The number of amides is 1. The first kappa shape index (κ1) is 21.6. The van der Waals surface area contributed by atoms with Crippen molar-refractivity contribution in [1.29, 1.82) is 0 Å². The molecule has 0 spiro atoms. The number of rotatable bonds is 5. The third kappa shape index (κ3) is 5.79. The summed E-state index contributed by atoms with van der Waals surface area (Å²) in [4.78, 5) is 22.9. The van der Waals surface area contributed by atoms with Gasteiger partial charge in [0.15, 0.2) is 0 Å². The summed E-state index contributed by atoms with van der Waals surface area (Å²) in [7, 11) is 0. The number of carbonyl (C=O) groups excluding carboxylic acids is 1. The Morgan fingerprint density at radius 3 is 2.72 bits per heavy atom. The van der Waals surface area contributed by atoms with Crippen LogP contribution in [0, 0.1) is 0 Å². The molecule has 3 heterocycles. The van der Waals surface area contributed by atoms with Gasteiger partial charge in [-0.1, -0.05) is 0 Å². The molecule has 7 nitrogen and oxygen atoms in total. The fourth-order valence-corrected chi connectivity index (χ4v) is 3.10. The Morgan fingerprint density at radius 1 is 1.32 bits per heavy atom. The van der Waals surface area contributed by atoms with Crippen LogP contribution < -0.4 is 16.0 Å². The first-order valence-corrected chi connectivity index (χ1v) is 8.39. The molecule has 1 aliphatic heterocycles. The molecule has 0 radical (unpaired) electrons. The van der Waals surface area contributed by atoms with Crippen molar-refractivity contribution < 1.29 is 9.53 Å². The summed E-state index contributed by atoms with van der Waals surface area (Å²) in [6.07, 6.45) is 2.45. The molecule has 2 aromatic heterocycles. The molecule has 138 valence electrons. The van der Waals surface area contributed by atoms with Crippen molar-refractivity contribution in [3.05, 3.63) is 34.4 Å². The molecule has 0 saturated carbocycles. The van der Waals surface area contributed by atoms with E-state index in [1.54, 1.807) is 17.6 Å². The van der Waals surface area contributed by atoms with Gasteiger partial charge in [-0.2, -0.15) is 0 Å². The van der Waals surface area contributed by atoms with Crippen molar-refractivity contribution >= 4 is 53.6 Å². The summed E-state index contributed by atoms with van der Waals surface area (Å²) in [5, 5.41) is 5.37. The Labute approximate surface area is 162 Å². The highest BCUT2D eigenvalue weighted by Gasteiger charge is 2.13. The standard InChI is InChI=1S/C15H19N5O2S.2ClH/c16-4-3-14-18-12(10-23-14)15(21)19-13-2-1-11(9-17-13)20-5-7-22-8-6-20;;/h1-2,9-10H,3-8,16H2,(H,17,19,21);2*1H. The molecule has 25 heavy (non-hydrogen) atoms. The topological polar surface area (TPSA) is 93.4 Å². The minimum atomic E-state index is -0.254. The van der Waals surface area contributed by atoms with E-state index in [0.717, 1.165) is 37.0 Å². The maximum absolute atomic E-state index is 12.2. The van der Waals surface area contributed by atoms with E-state index >= 15 is 0 Å². The number of hydrogen-bond donors (Lipinski definition) is 2. The van der Waals surface area contributed by atoms with E-state index < -0.39 is 0 Å². The van der Waals surface area contributed by atoms with Gasteiger partial charge < -0.3 is 20.7 Å². The van der Waals surface area contributed by atoms with Crippen LogP contribution in [-0.2, 0) is 11.2 Å². The van der Waals surface area contributed by atoms with Crippen LogP contribution >= 0.6 is 36.2 Å². The molecule has 2 aromatic rings. The molecule has 1 saturated heterocycles. The van der Waals surface area contributed by atoms with E-state index in [2.05, 4.69) is 20.2 Å². The highest BCUT2D eigenvalue weighted by atomic mass is 35.5. The third-order valence-corrected chi connectivity index (χ3v) is 4.42. The van der Waals surface area contributed by atoms with Gasteiger partial charge in [0.05, 0.1) is 30.1 Å². The summed E-state index contributed by atoms with van der Waals surface area (Å²) in [6, 6.07) is 3.75. The van der Waals surface area contributed by atoms with Crippen LogP contribution in [0.25, 0.3) is 0 Å². The highest BCUT2D eigenvalue weighted by Crippen LogP contribution is 2.17. The largest absolute Gasteiger partial charge is 0.378 e. The Balaban J connectivity index is 0.00000156. The first-order valence-electron chi connectivity index (χ1n) is 7.51. The van der Waals surface area contributed by atoms with Crippen molar-refractivity contribution in [1.82, 2.24) is 9.97 Å². The van der Waals surface area contributed by atoms with E-state index in [1.165, 1.54) is 11.3 Å². The molecule has 0 unspecified atom stereocenters. The summed E-state index contributed by atoms with van der Waals surface area (Å²) in [5.41, 5.74) is 6.92. The third-order valence-electron chi connectivity index (χ3n) is 3.51. The predicted octanol–water partition coefficient (Wildman–Crippen LogP) is 1.97. The molecule has 0 bridgehead atoms. The number of aromatic nitrogens is 2. The minimum Gasteiger partial charge on any atom is -0.378 e. The van der Waals surface area contributed by atoms with Crippen LogP contribution in [0.2, 0.25) is 0 Å². The highest BCUT2D eigenvalue weighted by molar-refractivity contribution is 7.09.